The summed E-state index contributed by atoms with van der Waals surface area (Å²) in [4.78, 5) is 33.1. The number of anilines is 2. The van der Waals surface area contributed by atoms with Gasteiger partial charge in [0.2, 0.25) is 11.0 Å². The molecule has 1 aliphatic carbocycles. The van der Waals surface area contributed by atoms with Crippen molar-refractivity contribution in [2.24, 2.45) is 0 Å². The quantitative estimate of drug-likeness (QED) is 0.611. The van der Waals surface area contributed by atoms with Crippen molar-refractivity contribution >= 4 is 40.2 Å². The molecule has 2 aliphatic rings. The van der Waals surface area contributed by atoms with E-state index in [0.717, 1.165) is 19.0 Å². The highest BCUT2D eigenvalue weighted by molar-refractivity contribution is 6.28. The number of hydrogen-bond acceptors (Lipinski definition) is 8. The minimum atomic E-state index is -0.540. The number of nitrogens with zero attached hydrogens (tertiary/aromatic N) is 6. The Labute approximate surface area is 182 Å². The summed E-state index contributed by atoms with van der Waals surface area (Å²) in [6, 6.07) is 0. The third kappa shape index (κ3) is 3.65. The van der Waals surface area contributed by atoms with Crippen LogP contribution in [0.25, 0.3) is 11.1 Å². The molecule has 0 unspecified atom stereocenters. The number of hydrogen-bond donors (Lipinski definition) is 1. The van der Waals surface area contributed by atoms with Crippen molar-refractivity contribution in [3.63, 3.8) is 0 Å². The highest BCUT2D eigenvalue weighted by atomic mass is 35.5. The molecule has 1 amide bonds. The van der Waals surface area contributed by atoms with Crippen LogP contribution >= 0.6 is 11.6 Å². The van der Waals surface area contributed by atoms with E-state index in [0.29, 0.717) is 54.4 Å². The number of fused-ring (bicyclic) bond motifs is 1. The maximum Gasteiger partial charge on any atom is 0.258 e. The molecule has 11 heteroatoms. The first-order valence-electron chi connectivity index (χ1n) is 10.1. The van der Waals surface area contributed by atoms with Gasteiger partial charge in [0.05, 0.1) is 17.1 Å². The molecule has 2 fully saturated rings. The number of aromatic nitrogens is 4. The Morgan fingerprint density at radius 3 is 2.68 bits per heavy atom. The lowest BCUT2D eigenvalue weighted by atomic mass is 10.1. The van der Waals surface area contributed by atoms with E-state index in [9.17, 15) is 9.18 Å². The van der Waals surface area contributed by atoms with Gasteiger partial charge in [-0.15, -0.1) is 0 Å². The van der Waals surface area contributed by atoms with Crippen LogP contribution < -0.4 is 10.2 Å². The van der Waals surface area contributed by atoms with Crippen LogP contribution in [0.1, 0.15) is 35.9 Å². The van der Waals surface area contributed by atoms with Crippen molar-refractivity contribution in [3.8, 4) is 0 Å². The van der Waals surface area contributed by atoms with Crippen LogP contribution in [0.5, 0.6) is 0 Å². The number of rotatable bonds is 4. The Bertz CT molecular complexity index is 1170. The van der Waals surface area contributed by atoms with Gasteiger partial charge >= 0.3 is 0 Å². The van der Waals surface area contributed by atoms with Crippen LogP contribution in [0.2, 0.25) is 5.28 Å². The Hall–Kier alpha value is -3.01. The molecular weight excluding hydrogens is 425 g/mol. The van der Waals surface area contributed by atoms with Crippen molar-refractivity contribution in [2.75, 3.05) is 36.4 Å². The van der Waals surface area contributed by atoms with Gasteiger partial charge in [-0.05, 0) is 38.3 Å². The van der Waals surface area contributed by atoms with Crippen LogP contribution in [0, 0.1) is 12.7 Å². The van der Waals surface area contributed by atoms with Gasteiger partial charge in [0, 0.05) is 31.7 Å². The summed E-state index contributed by atoms with van der Waals surface area (Å²) in [7, 11) is 0. The van der Waals surface area contributed by atoms with Gasteiger partial charge in [0.15, 0.2) is 11.6 Å². The minimum Gasteiger partial charge on any atom is -0.442 e. The zero-order valence-electron chi connectivity index (χ0n) is 17.2. The molecule has 0 aromatic carbocycles. The molecule has 1 saturated carbocycles. The van der Waals surface area contributed by atoms with Crippen molar-refractivity contribution < 1.29 is 13.6 Å². The summed E-state index contributed by atoms with van der Waals surface area (Å²) >= 11 is 5.81. The first-order valence-corrected chi connectivity index (χ1v) is 10.5. The first kappa shape index (κ1) is 19.9. The minimum absolute atomic E-state index is 0.0126. The van der Waals surface area contributed by atoms with Crippen LogP contribution in [0.4, 0.5) is 16.0 Å². The largest absolute Gasteiger partial charge is 0.442 e. The van der Waals surface area contributed by atoms with Crippen molar-refractivity contribution in [3.05, 3.63) is 34.9 Å². The van der Waals surface area contributed by atoms with Gasteiger partial charge in [-0.3, -0.25) is 4.79 Å². The molecule has 1 N–H and O–H groups in total. The summed E-state index contributed by atoms with van der Waals surface area (Å²) in [6.45, 7) is 5.52. The van der Waals surface area contributed by atoms with Crippen LogP contribution in [0.15, 0.2) is 16.9 Å². The molecule has 0 atom stereocenters. The van der Waals surface area contributed by atoms with E-state index in [4.69, 9.17) is 16.0 Å². The summed E-state index contributed by atoms with van der Waals surface area (Å²) in [5.41, 5.74) is 0.840. The summed E-state index contributed by atoms with van der Waals surface area (Å²) in [5, 5.41) is 4.02. The predicted octanol–water partition coefficient (Wildman–Crippen LogP) is 3.04. The summed E-state index contributed by atoms with van der Waals surface area (Å²) < 4.78 is 19.9. The standard InChI is InChI=1S/C20H21ClFN7O2/c1-11-13(14-15(27-20(2)3-4-20)24-10-25-17(14)31-11)18(30)29-7-5-28(6-8-29)16-12(22)9-23-19(21)26-16/h9-10H,3-8H2,1-2H3,(H,24,25,27). The highest BCUT2D eigenvalue weighted by Crippen LogP contribution is 2.40. The van der Waals surface area contributed by atoms with Gasteiger partial charge in [-0.2, -0.15) is 4.98 Å². The third-order valence-electron chi connectivity index (χ3n) is 5.86. The van der Waals surface area contributed by atoms with Gasteiger partial charge in [0.25, 0.3) is 5.91 Å². The van der Waals surface area contributed by atoms with E-state index in [2.05, 4.69) is 32.2 Å². The topological polar surface area (TPSA) is 100 Å². The van der Waals surface area contributed by atoms with E-state index in [-0.39, 0.29) is 22.5 Å². The number of piperazine rings is 1. The summed E-state index contributed by atoms with van der Waals surface area (Å²) in [5.74, 6) is 0.565. The van der Waals surface area contributed by atoms with Gasteiger partial charge in [-0.25, -0.2) is 19.3 Å². The highest BCUT2D eigenvalue weighted by Gasteiger charge is 2.39. The average molecular weight is 446 g/mol. The van der Waals surface area contributed by atoms with Gasteiger partial charge < -0.3 is 19.5 Å². The number of furan rings is 1. The Kier molecular flexibility index (Phi) is 4.69. The van der Waals surface area contributed by atoms with Crippen LogP contribution in [-0.2, 0) is 0 Å². The number of amides is 1. The van der Waals surface area contributed by atoms with Gasteiger partial charge in [0.1, 0.15) is 17.9 Å². The molecule has 9 nitrogen and oxygen atoms in total. The maximum absolute atomic E-state index is 14.1. The molecule has 0 bridgehead atoms. The van der Waals surface area contributed by atoms with Gasteiger partial charge in [-0.1, -0.05) is 0 Å². The second-order valence-electron chi connectivity index (χ2n) is 8.21. The molecule has 162 valence electrons. The molecule has 3 aromatic heterocycles. The number of aryl methyl sites for hydroxylation is 1. The Morgan fingerprint density at radius 2 is 1.97 bits per heavy atom. The monoisotopic (exact) mass is 445 g/mol. The fourth-order valence-corrected chi connectivity index (χ4v) is 3.96. The van der Waals surface area contributed by atoms with E-state index >= 15 is 0 Å². The fraction of sp³-hybridized carbons (Fsp3) is 0.450. The zero-order chi connectivity index (χ0) is 21.8. The van der Waals surface area contributed by atoms with E-state index < -0.39 is 5.82 Å². The molecule has 0 radical (unpaired) electrons. The first-order chi connectivity index (χ1) is 14.8. The van der Waals surface area contributed by atoms with Crippen molar-refractivity contribution in [2.45, 2.75) is 32.2 Å². The van der Waals surface area contributed by atoms with Crippen LogP contribution in [0.3, 0.4) is 0 Å². The third-order valence-corrected chi connectivity index (χ3v) is 6.04. The van der Waals surface area contributed by atoms with E-state index in [1.165, 1.54) is 6.33 Å². The van der Waals surface area contributed by atoms with Crippen molar-refractivity contribution in [1.82, 2.24) is 24.8 Å². The normalized spacial score (nSPS) is 17.8. The lowest BCUT2D eigenvalue weighted by Gasteiger charge is -2.35. The number of nitrogens with one attached hydrogen (secondary N) is 1. The summed E-state index contributed by atoms with van der Waals surface area (Å²) in [6.07, 6.45) is 4.58. The molecule has 3 aromatic rings. The Balaban J connectivity index is 1.40. The SMILES string of the molecule is Cc1oc2ncnc(NC3(C)CC3)c2c1C(=O)N1CCN(c2nc(Cl)ncc2F)CC1. The number of carbonyl (C=O) groups excluding carboxylic acids is 1. The van der Waals surface area contributed by atoms with Crippen molar-refractivity contribution in [1.29, 1.82) is 0 Å². The van der Waals surface area contributed by atoms with E-state index in [1.807, 2.05) is 0 Å². The smallest absolute Gasteiger partial charge is 0.258 e. The second-order valence-corrected chi connectivity index (χ2v) is 8.55. The average Bonchev–Trinajstić information content (AvgIpc) is 3.37. The van der Waals surface area contributed by atoms with Crippen LogP contribution in [-0.4, -0.2) is 62.5 Å². The lowest BCUT2D eigenvalue weighted by molar-refractivity contribution is 0.0746. The molecule has 4 heterocycles. The number of halogens is 2. The molecule has 0 spiro atoms. The predicted molar refractivity (Wildman–Crippen MR) is 113 cm³/mol. The molecule has 1 aliphatic heterocycles. The lowest BCUT2D eigenvalue weighted by Crippen LogP contribution is -2.49. The maximum atomic E-state index is 14.1. The molecule has 5 rings (SSSR count). The fourth-order valence-electron chi connectivity index (χ4n) is 3.83. The molecule has 1 saturated heterocycles. The second kappa shape index (κ2) is 7.30. The zero-order valence-corrected chi connectivity index (χ0v) is 17.9. The number of carbonyl (C=O) groups is 1. The molecular formula is C20H21ClFN7O2. The van der Waals surface area contributed by atoms with E-state index in [1.54, 1.807) is 16.7 Å². The molecule has 31 heavy (non-hydrogen) atoms. The Morgan fingerprint density at radius 1 is 1.23 bits per heavy atom.